The number of hydrogen-bond donors (Lipinski definition) is 1. The van der Waals surface area contributed by atoms with E-state index in [1.165, 1.54) is 17.4 Å². The van der Waals surface area contributed by atoms with Crippen LogP contribution in [0.3, 0.4) is 0 Å². The number of fused-ring (bicyclic) bond motifs is 3. The van der Waals surface area contributed by atoms with Crippen LogP contribution in [0.15, 0.2) is 18.2 Å². The minimum atomic E-state index is -0.222. The Balaban J connectivity index is 2.69. The molecule has 0 spiro atoms. The first-order valence-electron chi connectivity index (χ1n) is 4.74. The maximum Gasteiger partial charge on any atom is 0.147 e. The van der Waals surface area contributed by atoms with Gasteiger partial charge in [0.25, 0.3) is 0 Å². The number of rotatable bonds is 0. The molecule has 0 fully saturated rings. The number of nitrogens with zero attached hydrogens (tertiary/aromatic N) is 1. The number of aromatic amines is 1. The second kappa shape index (κ2) is 3.33. The summed E-state index contributed by atoms with van der Waals surface area (Å²) in [4.78, 5) is 7.26. The van der Waals surface area contributed by atoms with E-state index in [2.05, 4.69) is 9.97 Å². The molecular formula is C11H7FN2S2. The number of halogens is 1. The Morgan fingerprint density at radius 2 is 2.25 bits per heavy atom. The molecule has 0 amide bonds. The van der Waals surface area contributed by atoms with Crippen LogP contribution in [-0.2, 0) is 0 Å². The molecule has 1 aromatic carbocycles. The molecule has 16 heavy (non-hydrogen) atoms. The molecule has 0 aliphatic carbocycles. The molecule has 5 heteroatoms. The summed E-state index contributed by atoms with van der Waals surface area (Å²) in [5, 5.41) is 0.610. The first-order valence-corrected chi connectivity index (χ1v) is 5.97. The van der Waals surface area contributed by atoms with E-state index in [1.54, 1.807) is 6.07 Å². The zero-order chi connectivity index (χ0) is 11.3. The quantitative estimate of drug-likeness (QED) is 0.612. The van der Waals surface area contributed by atoms with Crippen molar-refractivity contribution in [2.75, 3.05) is 0 Å². The van der Waals surface area contributed by atoms with Gasteiger partial charge in [-0.05, 0) is 19.1 Å². The topological polar surface area (TPSA) is 28.7 Å². The minimum Gasteiger partial charge on any atom is -0.342 e. The third-order valence-electron chi connectivity index (χ3n) is 2.43. The molecule has 0 aliphatic heterocycles. The van der Waals surface area contributed by atoms with Crippen LogP contribution in [0, 0.1) is 17.4 Å². The molecule has 2 nitrogen and oxygen atoms in total. The molecule has 0 unspecified atom stereocenters. The largest absolute Gasteiger partial charge is 0.342 e. The highest BCUT2D eigenvalue weighted by Gasteiger charge is 2.11. The van der Waals surface area contributed by atoms with Crippen LogP contribution in [0.1, 0.15) is 5.82 Å². The lowest BCUT2D eigenvalue weighted by Crippen LogP contribution is -1.87. The lowest BCUT2D eigenvalue weighted by Gasteiger charge is -1.96. The summed E-state index contributed by atoms with van der Waals surface area (Å²) in [6.07, 6.45) is 0. The van der Waals surface area contributed by atoms with E-state index in [0.717, 1.165) is 14.9 Å². The Hall–Kier alpha value is -1.33. The van der Waals surface area contributed by atoms with Gasteiger partial charge in [0.2, 0.25) is 0 Å². The zero-order valence-corrected chi connectivity index (χ0v) is 10.0. The molecule has 0 radical (unpaired) electrons. The number of benzene rings is 1. The molecule has 80 valence electrons. The van der Waals surface area contributed by atoms with Gasteiger partial charge in [0, 0.05) is 4.70 Å². The van der Waals surface area contributed by atoms with Crippen LogP contribution in [0.25, 0.3) is 20.3 Å². The van der Waals surface area contributed by atoms with Gasteiger partial charge in [-0.25, -0.2) is 9.37 Å². The predicted molar refractivity (Wildman–Crippen MR) is 67.0 cm³/mol. The maximum atomic E-state index is 13.7. The Kier molecular flexibility index (Phi) is 2.05. The highest BCUT2D eigenvalue weighted by molar-refractivity contribution is 7.71. The van der Waals surface area contributed by atoms with Gasteiger partial charge < -0.3 is 4.98 Å². The van der Waals surface area contributed by atoms with Crippen LogP contribution in [0.5, 0.6) is 0 Å². The van der Waals surface area contributed by atoms with Gasteiger partial charge in [-0.2, -0.15) is 0 Å². The van der Waals surface area contributed by atoms with Crippen LogP contribution in [-0.4, -0.2) is 9.97 Å². The Labute approximate surface area is 99.8 Å². The second-order valence-corrected chi connectivity index (χ2v) is 4.99. The molecular weight excluding hydrogens is 243 g/mol. The van der Waals surface area contributed by atoms with Crippen molar-refractivity contribution < 1.29 is 4.39 Å². The summed E-state index contributed by atoms with van der Waals surface area (Å²) in [6, 6.07) is 5.05. The molecule has 3 aromatic rings. The van der Waals surface area contributed by atoms with Crippen LogP contribution < -0.4 is 0 Å². The lowest BCUT2D eigenvalue weighted by atomic mass is 10.2. The van der Waals surface area contributed by atoms with Gasteiger partial charge in [0.15, 0.2) is 0 Å². The summed E-state index contributed by atoms with van der Waals surface area (Å²) in [6.45, 7) is 1.82. The fourth-order valence-electron chi connectivity index (χ4n) is 1.79. The van der Waals surface area contributed by atoms with Crippen LogP contribution in [0.4, 0.5) is 4.39 Å². The fourth-order valence-corrected chi connectivity index (χ4v) is 3.21. The number of aromatic nitrogens is 2. The zero-order valence-electron chi connectivity index (χ0n) is 8.37. The van der Waals surface area contributed by atoms with Crippen molar-refractivity contribution in [1.29, 1.82) is 0 Å². The summed E-state index contributed by atoms with van der Waals surface area (Å²) < 4.78 is 16.0. The first-order chi connectivity index (χ1) is 7.66. The minimum absolute atomic E-state index is 0.222. The van der Waals surface area contributed by atoms with E-state index < -0.39 is 0 Å². The van der Waals surface area contributed by atoms with E-state index in [9.17, 15) is 4.39 Å². The first kappa shape index (κ1) is 9.86. The van der Waals surface area contributed by atoms with Gasteiger partial charge >= 0.3 is 0 Å². The molecule has 0 saturated carbocycles. The number of H-pyrrole nitrogens is 1. The molecule has 1 N–H and O–H groups in total. The third kappa shape index (κ3) is 1.28. The summed E-state index contributed by atoms with van der Waals surface area (Å²) in [5.41, 5.74) is 0.760. The standard InChI is InChI=1S/C11H7FN2S2/c1-5-13-9-8-6(12)3-2-4-7(8)16-10(9)11(15)14-5/h2-4H,1H3,(H,13,14,15). The van der Waals surface area contributed by atoms with E-state index in [0.29, 0.717) is 15.9 Å². The Bertz CT molecular complexity index is 758. The summed E-state index contributed by atoms with van der Waals surface area (Å²) in [7, 11) is 0. The number of nitrogens with one attached hydrogen (secondary N) is 1. The molecule has 0 saturated heterocycles. The fraction of sp³-hybridized carbons (Fsp3) is 0.0909. The lowest BCUT2D eigenvalue weighted by molar-refractivity contribution is 0.640. The van der Waals surface area contributed by atoms with Crippen molar-refractivity contribution in [3.8, 4) is 0 Å². The van der Waals surface area contributed by atoms with Gasteiger partial charge in [-0.3, -0.25) is 0 Å². The van der Waals surface area contributed by atoms with Crippen molar-refractivity contribution in [2.45, 2.75) is 6.92 Å². The molecule has 0 aliphatic rings. The van der Waals surface area contributed by atoms with Crippen LogP contribution >= 0.6 is 23.6 Å². The van der Waals surface area contributed by atoms with Crippen molar-refractivity contribution in [3.05, 3.63) is 34.5 Å². The van der Waals surface area contributed by atoms with Crippen LogP contribution in [0.2, 0.25) is 0 Å². The van der Waals surface area contributed by atoms with Crippen molar-refractivity contribution in [2.24, 2.45) is 0 Å². The summed E-state index contributed by atoms with van der Waals surface area (Å²) >= 11 is 6.66. The second-order valence-electron chi connectivity index (χ2n) is 3.55. The Morgan fingerprint density at radius 1 is 1.44 bits per heavy atom. The maximum absolute atomic E-state index is 13.7. The van der Waals surface area contributed by atoms with Gasteiger partial charge in [-0.15, -0.1) is 11.3 Å². The highest BCUT2D eigenvalue weighted by atomic mass is 32.1. The number of thiophene rings is 1. The van der Waals surface area contributed by atoms with E-state index in [4.69, 9.17) is 12.2 Å². The molecule has 3 rings (SSSR count). The SMILES string of the molecule is Cc1nc(=S)c2sc3cccc(F)c3c2[nH]1. The number of hydrogen-bond acceptors (Lipinski definition) is 3. The predicted octanol–water partition coefficient (Wildman–Crippen LogP) is 3.95. The van der Waals surface area contributed by atoms with Gasteiger partial charge in [-0.1, -0.05) is 18.3 Å². The number of aryl methyl sites for hydroxylation is 1. The molecule has 2 aromatic heterocycles. The average Bonchev–Trinajstić information content (AvgIpc) is 2.58. The van der Waals surface area contributed by atoms with E-state index in [1.807, 2.05) is 13.0 Å². The van der Waals surface area contributed by atoms with Gasteiger partial charge in [0.1, 0.15) is 16.3 Å². The summed E-state index contributed by atoms with van der Waals surface area (Å²) in [5.74, 6) is 0.487. The monoisotopic (exact) mass is 250 g/mol. The van der Waals surface area contributed by atoms with E-state index in [-0.39, 0.29) is 5.82 Å². The molecule has 2 heterocycles. The van der Waals surface area contributed by atoms with Crippen molar-refractivity contribution in [3.63, 3.8) is 0 Å². The van der Waals surface area contributed by atoms with Gasteiger partial charge in [0.05, 0.1) is 15.6 Å². The van der Waals surface area contributed by atoms with Crippen molar-refractivity contribution in [1.82, 2.24) is 9.97 Å². The van der Waals surface area contributed by atoms with Crippen molar-refractivity contribution >= 4 is 43.9 Å². The third-order valence-corrected chi connectivity index (χ3v) is 4.02. The average molecular weight is 250 g/mol. The molecule has 0 atom stereocenters. The smallest absolute Gasteiger partial charge is 0.147 e. The normalized spacial score (nSPS) is 11.4. The van der Waals surface area contributed by atoms with E-state index >= 15 is 0 Å². The Morgan fingerprint density at radius 3 is 3.06 bits per heavy atom. The molecule has 0 bridgehead atoms. The highest BCUT2D eigenvalue weighted by Crippen LogP contribution is 2.34.